The second kappa shape index (κ2) is 12.5. The number of hydrogen-bond donors (Lipinski definition) is 4. The van der Waals surface area contributed by atoms with Crippen LogP contribution in [0.4, 0.5) is 15.4 Å². The number of rotatable bonds is 6. The number of carboxylic acids is 1. The third kappa shape index (κ3) is 8.02. The van der Waals surface area contributed by atoms with Crippen LogP contribution in [-0.4, -0.2) is 93.0 Å². The van der Waals surface area contributed by atoms with E-state index in [0.29, 0.717) is 18.8 Å². The molecular weight excluding hydrogens is 518 g/mol. The first-order valence-electron chi connectivity index (χ1n) is 13.4. The number of ether oxygens (including phenoxy) is 1. The predicted molar refractivity (Wildman–Crippen MR) is 148 cm³/mol. The summed E-state index contributed by atoms with van der Waals surface area (Å²) in [4.78, 5) is 56.1. The minimum atomic E-state index is -1.03. The van der Waals surface area contributed by atoms with Crippen LogP contribution in [0.2, 0.25) is 0 Å². The molecule has 0 aliphatic carbocycles. The molecule has 3 heterocycles. The van der Waals surface area contributed by atoms with Gasteiger partial charge in [-0.2, -0.15) is 4.98 Å². The Morgan fingerprint density at radius 3 is 2.42 bits per heavy atom. The Labute approximate surface area is 232 Å². The van der Waals surface area contributed by atoms with Crippen LogP contribution in [0.5, 0.6) is 0 Å². The molecule has 3 amide bonds. The van der Waals surface area contributed by atoms with Crippen LogP contribution in [0.3, 0.4) is 0 Å². The molecule has 40 heavy (non-hydrogen) atoms. The van der Waals surface area contributed by atoms with Crippen molar-refractivity contribution in [3.63, 3.8) is 0 Å². The van der Waals surface area contributed by atoms with Gasteiger partial charge in [-0.25, -0.2) is 14.4 Å². The Hall–Kier alpha value is -3.97. The average Bonchev–Trinajstić information content (AvgIpc) is 2.89. The van der Waals surface area contributed by atoms with E-state index in [0.717, 1.165) is 38.0 Å². The number of hydrogen-bond acceptors (Lipinski definition) is 8. The fraction of sp³-hybridized carbons (Fsp3) is 0.519. The third-order valence-electron chi connectivity index (χ3n) is 6.73. The largest absolute Gasteiger partial charge is 0.480 e. The van der Waals surface area contributed by atoms with Crippen LogP contribution in [0, 0.1) is 0 Å². The zero-order valence-electron chi connectivity index (χ0n) is 23.1. The maximum atomic E-state index is 12.7. The van der Waals surface area contributed by atoms with E-state index in [1.165, 1.54) is 15.5 Å². The maximum absolute atomic E-state index is 12.7. The van der Waals surface area contributed by atoms with E-state index in [4.69, 9.17) is 9.84 Å². The highest BCUT2D eigenvalue weighted by Gasteiger charge is 2.28. The molecule has 1 aromatic heterocycles. The SMILES string of the molecule is CC(C)(C)OC(=O)NC1CCN(Cc2ccc(-n3ccc(NC(=O)N4CCNC(C(=O)O)C4)nc3=O)cc2)CC1. The van der Waals surface area contributed by atoms with Crippen molar-refractivity contribution in [1.29, 1.82) is 0 Å². The summed E-state index contributed by atoms with van der Waals surface area (Å²) in [6.45, 7) is 8.72. The number of amides is 3. The second-order valence-electron chi connectivity index (χ2n) is 11.0. The van der Waals surface area contributed by atoms with Gasteiger partial charge in [-0.3, -0.25) is 19.6 Å². The Balaban J connectivity index is 1.28. The number of carbonyl (C=O) groups excluding carboxylic acids is 2. The lowest BCUT2D eigenvalue weighted by molar-refractivity contribution is -0.140. The van der Waals surface area contributed by atoms with Crippen LogP contribution in [0.1, 0.15) is 39.2 Å². The van der Waals surface area contributed by atoms with Gasteiger partial charge in [-0.15, -0.1) is 0 Å². The summed E-state index contributed by atoms with van der Waals surface area (Å²) < 4.78 is 6.73. The minimum Gasteiger partial charge on any atom is -0.480 e. The van der Waals surface area contributed by atoms with Crippen LogP contribution < -0.4 is 21.6 Å². The van der Waals surface area contributed by atoms with Crippen LogP contribution in [0.25, 0.3) is 5.69 Å². The predicted octanol–water partition coefficient (Wildman–Crippen LogP) is 1.61. The lowest BCUT2D eigenvalue weighted by atomic mass is 10.0. The Morgan fingerprint density at radius 1 is 1.10 bits per heavy atom. The van der Waals surface area contributed by atoms with Gasteiger partial charge in [0.15, 0.2) is 0 Å². The molecule has 4 rings (SSSR count). The maximum Gasteiger partial charge on any atom is 0.407 e. The number of nitrogens with one attached hydrogen (secondary N) is 3. The molecule has 0 saturated carbocycles. The highest BCUT2D eigenvalue weighted by atomic mass is 16.6. The first-order valence-corrected chi connectivity index (χ1v) is 13.4. The summed E-state index contributed by atoms with van der Waals surface area (Å²) in [6, 6.07) is 7.90. The summed E-state index contributed by atoms with van der Waals surface area (Å²) >= 11 is 0. The number of benzene rings is 1. The number of likely N-dealkylation sites (tertiary alicyclic amines) is 1. The normalized spacial score (nSPS) is 18.7. The molecule has 0 bridgehead atoms. The molecule has 1 aromatic carbocycles. The van der Waals surface area contributed by atoms with Crippen molar-refractivity contribution in [3.05, 3.63) is 52.6 Å². The van der Waals surface area contributed by atoms with Gasteiger partial charge in [0.25, 0.3) is 0 Å². The van der Waals surface area contributed by atoms with Gasteiger partial charge < -0.3 is 25.4 Å². The number of carboxylic acid groups (broad SMARTS) is 1. The number of piperazine rings is 1. The number of aliphatic carboxylic acids is 1. The molecule has 2 aliphatic rings. The smallest absolute Gasteiger partial charge is 0.407 e. The van der Waals surface area contributed by atoms with Gasteiger partial charge in [-0.05, 0) is 57.4 Å². The monoisotopic (exact) mass is 555 g/mol. The van der Waals surface area contributed by atoms with Gasteiger partial charge >= 0.3 is 23.8 Å². The second-order valence-corrected chi connectivity index (χ2v) is 11.0. The number of aromatic nitrogens is 2. The fourth-order valence-corrected chi connectivity index (χ4v) is 4.69. The number of piperidine rings is 1. The Kier molecular flexibility index (Phi) is 9.05. The van der Waals surface area contributed by atoms with E-state index in [1.54, 1.807) is 6.20 Å². The van der Waals surface area contributed by atoms with Crippen molar-refractivity contribution >= 4 is 23.9 Å². The van der Waals surface area contributed by atoms with Crippen molar-refractivity contribution in [2.75, 3.05) is 38.0 Å². The molecule has 13 nitrogen and oxygen atoms in total. The van der Waals surface area contributed by atoms with E-state index in [-0.39, 0.29) is 24.5 Å². The van der Waals surface area contributed by atoms with Crippen molar-refractivity contribution in [1.82, 2.24) is 30.0 Å². The molecule has 1 atom stereocenters. The molecule has 2 aromatic rings. The Morgan fingerprint density at radius 2 is 1.80 bits per heavy atom. The zero-order chi connectivity index (χ0) is 28.9. The molecule has 0 spiro atoms. The highest BCUT2D eigenvalue weighted by Crippen LogP contribution is 2.17. The summed E-state index contributed by atoms with van der Waals surface area (Å²) in [7, 11) is 0. The quantitative estimate of drug-likeness (QED) is 0.416. The molecule has 2 aliphatic heterocycles. The summed E-state index contributed by atoms with van der Waals surface area (Å²) in [5, 5.41) is 17.5. The molecule has 2 saturated heterocycles. The Bertz CT molecular complexity index is 1270. The summed E-state index contributed by atoms with van der Waals surface area (Å²) in [5.74, 6) is -0.931. The van der Waals surface area contributed by atoms with E-state index in [9.17, 15) is 19.2 Å². The number of urea groups is 1. The minimum absolute atomic E-state index is 0.0194. The van der Waals surface area contributed by atoms with Crippen molar-refractivity contribution in [2.24, 2.45) is 0 Å². The molecule has 216 valence electrons. The number of nitrogens with zero attached hydrogens (tertiary/aromatic N) is 4. The van der Waals surface area contributed by atoms with E-state index < -0.39 is 29.3 Å². The topological polar surface area (TPSA) is 158 Å². The fourth-order valence-electron chi connectivity index (χ4n) is 4.69. The van der Waals surface area contributed by atoms with Crippen LogP contribution >= 0.6 is 0 Å². The van der Waals surface area contributed by atoms with E-state index in [2.05, 4.69) is 25.8 Å². The van der Waals surface area contributed by atoms with Crippen LogP contribution in [0.15, 0.2) is 41.3 Å². The summed E-state index contributed by atoms with van der Waals surface area (Å²) in [5.41, 5.74) is 0.679. The first kappa shape index (κ1) is 29.0. The van der Waals surface area contributed by atoms with Crippen molar-refractivity contribution in [2.45, 2.75) is 57.8 Å². The van der Waals surface area contributed by atoms with Crippen molar-refractivity contribution in [3.8, 4) is 5.69 Å². The third-order valence-corrected chi connectivity index (χ3v) is 6.73. The molecule has 2 fully saturated rings. The lowest BCUT2D eigenvalue weighted by Crippen LogP contribution is -2.56. The van der Waals surface area contributed by atoms with Gasteiger partial charge in [0.1, 0.15) is 17.5 Å². The highest BCUT2D eigenvalue weighted by molar-refractivity contribution is 5.89. The van der Waals surface area contributed by atoms with Gasteiger partial charge in [-0.1, -0.05) is 12.1 Å². The van der Waals surface area contributed by atoms with E-state index >= 15 is 0 Å². The molecule has 0 radical (unpaired) electrons. The van der Waals surface area contributed by atoms with Gasteiger partial charge in [0.05, 0.1) is 5.69 Å². The van der Waals surface area contributed by atoms with Crippen molar-refractivity contribution < 1.29 is 24.2 Å². The molecule has 4 N–H and O–H groups in total. The standard InChI is InChI=1S/C27H37N7O6/c1-27(2,3)40-26(39)29-19-8-12-32(13-9-19)16-18-4-6-20(7-5-18)34-14-10-22(31-25(34)38)30-24(37)33-15-11-28-21(17-33)23(35)36/h4-7,10,14,19,21,28H,8-9,11-13,15-17H2,1-3H3,(H,29,39)(H,35,36)(H,30,31,37,38). The average molecular weight is 556 g/mol. The van der Waals surface area contributed by atoms with Gasteiger partial charge in [0.2, 0.25) is 0 Å². The summed E-state index contributed by atoms with van der Waals surface area (Å²) in [6.07, 6.45) is 2.85. The number of carbonyl (C=O) groups is 3. The molecule has 13 heteroatoms. The number of alkyl carbamates (subject to hydrolysis) is 1. The lowest BCUT2D eigenvalue weighted by Gasteiger charge is -2.32. The van der Waals surface area contributed by atoms with E-state index in [1.807, 2.05) is 45.0 Å². The zero-order valence-corrected chi connectivity index (χ0v) is 23.1. The first-order chi connectivity index (χ1) is 19.0. The van der Waals surface area contributed by atoms with Crippen LogP contribution in [-0.2, 0) is 16.1 Å². The molecular formula is C27H37N7O6. The number of anilines is 1. The molecule has 1 unspecified atom stereocenters. The van der Waals surface area contributed by atoms with Gasteiger partial charge in [0, 0.05) is 51.5 Å².